The van der Waals surface area contributed by atoms with Crippen molar-refractivity contribution < 1.29 is 9.53 Å². The number of ether oxygens (including phenoxy) is 1. The van der Waals surface area contributed by atoms with Gasteiger partial charge in [-0.05, 0) is 0 Å². The van der Waals surface area contributed by atoms with Crippen LogP contribution in [0.1, 0.15) is 16.3 Å². The van der Waals surface area contributed by atoms with Gasteiger partial charge in [0, 0.05) is 0 Å². The highest BCUT2D eigenvalue weighted by Gasteiger charge is 2.10. The summed E-state index contributed by atoms with van der Waals surface area (Å²) in [5, 5.41) is 8.42. The van der Waals surface area contributed by atoms with Crippen molar-refractivity contribution in [2.45, 2.75) is 0 Å². The predicted octanol–water partition coefficient (Wildman–Crippen LogP) is 0.624. The Kier molecular flexibility index (Phi) is 2.82. The van der Waals surface area contributed by atoms with Gasteiger partial charge in [0.1, 0.15) is 18.4 Å². The van der Waals surface area contributed by atoms with Crippen LogP contribution in [0.25, 0.3) is 0 Å². The molecule has 1 aromatic rings. The Morgan fingerprint density at radius 3 is 3.23 bits per heavy atom. The topological polar surface area (TPSA) is 78.8 Å². The SMILES string of the molecule is C=CCOC(=O)c1ncc(C#N)[nH]1. The van der Waals surface area contributed by atoms with Gasteiger partial charge < -0.3 is 9.72 Å². The number of nitriles is 1. The first-order chi connectivity index (χ1) is 6.27. The van der Waals surface area contributed by atoms with Crippen molar-refractivity contribution in [1.29, 1.82) is 5.26 Å². The van der Waals surface area contributed by atoms with Gasteiger partial charge in [0.2, 0.25) is 5.82 Å². The van der Waals surface area contributed by atoms with E-state index in [2.05, 4.69) is 21.3 Å². The molecule has 0 spiro atoms. The molecule has 0 aliphatic carbocycles. The van der Waals surface area contributed by atoms with Crippen LogP contribution in [-0.2, 0) is 4.74 Å². The number of hydrogen-bond acceptors (Lipinski definition) is 4. The molecule has 0 bridgehead atoms. The number of carbonyl (C=O) groups excluding carboxylic acids is 1. The number of nitrogens with zero attached hydrogens (tertiary/aromatic N) is 2. The van der Waals surface area contributed by atoms with Crippen LogP contribution in [-0.4, -0.2) is 22.5 Å². The van der Waals surface area contributed by atoms with Crippen molar-refractivity contribution >= 4 is 5.97 Å². The monoisotopic (exact) mass is 177 g/mol. The van der Waals surface area contributed by atoms with E-state index < -0.39 is 5.97 Å². The Balaban J connectivity index is 2.67. The second kappa shape index (κ2) is 4.07. The first-order valence-corrected chi connectivity index (χ1v) is 3.51. The molecular weight excluding hydrogens is 170 g/mol. The van der Waals surface area contributed by atoms with Gasteiger partial charge in [0.05, 0.1) is 6.20 Å². The van der Waals surface area contributed by atoms with Crippen LogP contribution in [0, 0.1) is 11.3 Å². The standard InChI is InChI=1S/C8H7N3O2/c1-2-3-13-8(12)7-10-5-6(4-9)11-7/h2,5H,1,3H2,(H,10,11). The number of esters is 1. The van der Waals surface area contributed by atoms with Crippen molar-refractivity contribution in [1.82, 2.24) is 9.97 Å². The summed E-state index contributed by atoms with van der Waals surface area (Å²) in [5.74, 6) is -0.570. The zero-order chi connectivity index (χ0) is 9.68. The molecule has 1 aromatic heterocycles. The molecule has 0 fully saturated rings. The van der Waals surface area contributed by atoms with Crippen LogP contribution < -0.4 is 0 Å². The summed E-state index contributed by atoms with van der Waals surface area (Å²) in [6.07, 6.45) is 2.72. The summed E-state index contributed by atoms with van der Waals surface area (Å²) in [4.78, 5) is 17.2. The Morgan fingerprint density at radius 1 is 1.92 bits per heavy atom. The van der Waals surface area contributed by atoms with Crippen molar-refractivity contribution in [3.05, 3.63) is 30.4 Å². The Labute approximate surface area is 74.7 Å². The summed E-state index contributed by atoms with van der Waals surface area (Å²) >= 11 is 0. The van der Waals surface area contributed by atoms with E-state index in [1.807, 2.05) is 6.07 Å². The molecule has 0 amide bonds. The van der Waals surface area contributed by atoms with Gasteiger partial charge in [-0.3, -0.25) is 0 Å². The lowest BCUT2D eigenvalue weighted by Gasteiger charge is -1.96. The lowest BCUT2D eigenvalue weighted by atomic mass is 10.5. The van der Waals surface area contributed by atoms with Crippen molar-refractivity contribution in [2.24, 2.45) is 0 Å². The molecule has 0 aliphatic heterocycles. The van der Waals surface area contributed by atoms with Crippen LogP contribution in [0.4, 0.5) is 0 Å². The molecule has 0 radical (unpaired) electrons. The average molecular weight is 177 g/mol. The van der Waals surface area contributed by atoms with E-state index in [1.165, 1.54) is 12.3 Å². The molecule has 1 rings (SSSR count). The smallest absolute Gasteiger partial charge is 0.374 e. The molecule has 13 heavy (non-hydrogen) atoms. The largest absolute Gasteiger partial charge is 0.456 e. The molecule has 0 aromatic carbocycles. The first kappa shape index (κ1) is 9.00. The van der Waals surface area contributed by atoms with Gasteiger partial charge in [-0.15, -0.1) is 0 Å². The quantitative estimate of drug-likeness (QED) is 0.542. The second-order valence-electron chi connectivity index (χ2n) is 2.14. The number of aromatic amines is 1. The fourth-order valence-corrected chi connectivity index (χ4v) is 0.685. The summed E-state index contributed by atoms with van der Waals surface area (Å²) in [6.45, 7) is 3.51. The van der Waals surface area contributed by atoms with E-state index in [0.717, 1.165) is 0 Å². The van der Waals surface area contributed by atoms with Crippen LogP contribution in [0.15, 0.2) is 18.9 Å². The summed E-state index contributed by atoms with van der Waals surface area (Å²) in [6, 6.07) is 1.81. The number of H-pyrrole nitrogens is 1. The lowest BCUT2D eigenvalue weighted by molar-refractivity contribution is 0.0536. The lowest BCUT2D eigenvalue weighted by Crippen LogP contribution is -2.06. The van der Waals surface area contributed by atoms with Gasteiger partial charge in [0.15, 0.2) is 0 Å². The molecule has 66 valence electrons. The number of aromatic nitrogens is 2. The van der Waals surface area contributed by atoms with Crippen molar-refractivity contribution in [2.75, 3.05) is 6.61 Å². The highest BCUT2D eigenvalue weighted by molar-refractivity contribution is 5.85. The third-order valence-corrected chi connectivity index (χ3v) is 1.22. The van der Waals surface area contributed by atoms with E-state index in [-0.39, 0.29) is 18.1 Å². The minimum absolute atomic E-state index is 0.0263. The number of nitrogens with one attached hydrogen (secondary N) is 1. The van der Waals surface area contributed by atoms with Crippen molar-refractivity contribution in [3.8, 4) is 6.07 Å². The molecular formula is C8H7N3O2. The predicted molar refractivity (Wildman–Crippen MR) is 43.8 cm³/mol. The molecule has 0 unspecified atom stereocenters. The fraction of sp³-hybridized carbons (Fsp3) is 0.125. The highest BCUT2D eigenvalue weighted by atomic mass is 16.5. The van der Waals surface area contributed by atoms with Crippen LogP contribution in [0.3, 0.4) is 0 Å². The zero-order valence-corrected chi connectivity index (χ0v) is 6.78. The Morgan fingerprint density at radius 2 is 2.69 bits per heavy atom. The molecule has 0 saturated heterocycles. The van der Waals surface area contributed by atoms with E-state index in [9.17, 15) is 4.79 Å². The zero-order valence-electron chi connectivity index (χ0n) is 6.78. The molecule has 1 N–H and O–H groups in total. The van der Waals surface area contributed by atoms with E-state index >= 15 is 0 Å². The maximum absolute atomic E-state index is 11.1. The maximum atomic E-state index is 11.1. The Bertz CT molecular complexity index is 362. The summed E-state index contributed by atoms with van der Waals surface area (Å²) in [7, 11) is 0. The minimum Gasteiger partial charge on any atom is -0.456 e. The van der Waals surface area contributed by atoms with Crippen LogP contribution in [0.2, 0.25) is 0 Å². The van der Waals surface area contributed by atoms with Crippen LogP contribution >= 0.6 is 0 Å². The molecule has 0 saturated carbocycles. The molecule has 1 heterocycles. The number of carbonyl (C=O) groups is 1. The van der Waals surface area contributed by atoms with E-state index in [0.29, 0.717) is 0 Å². The molecule has 0 aliphatic rings. The maximum Gasteiger partial charge on any atom is 0.374 e. The fourth-order valence-electron chi connectivity index (χ4n) is 0.685. The third kappa shape index (κ3) is 2.17. The minimum atomic E-state index is -0.596. The second-order valence-corrected chi connectivity index (χ2v) is 2.14. The molecule has 5 nitrogen and oxygen atoms in total. The van der Waals surface area contributed by atoms with Gasteiger partial charge in [-0.2, -0.15) is 5.26 Å². The van der Waals surface area contributed by atoms with Gasteiger partial charge in [0.25, 0.3) is 0 Å². The number of hydrogen-bond donors (Lipinski definition) is 1. The van der Waals surface area contributed by atoms with Crippen molar-refractivity contribution in [3.63, 3.8) is 0 Å². The van der Waals surface area contributed by atoms with Gasteiger partial charge >= 0.3 is 5.97 Å². The average Bonchev–Trinajstić information content (AvgIpc) is 2.62. The first-order valence-electron chi connectivity index (χ1n) is 3.51. The number of imidazole rings is 1. The Hall–Kier alpha value is -2.09. The van der Waals surface area contributed by atoms with E-state index in [1.54, 1.807) is 0 Å². The summed E-state index contributed by atoms with van der Waals surface area (Å²) < 4.78 is 4.67. The van der Waals surface area contributed by atoms with Crippen LogP contribution in [0.5, 0.6) is 0 Å². The number of rotatable bonds is 3. The molecule has 5 heteroatoms. The third-order valence-electron chi connectivity index (χ3n) is 1.22. The van der Waals surface area contributed by atoms with Gasteiger partial charge in [-0.1, -0.05) is 12.7 Å². The van der Waals surface area contributed by atoms with Gasteiger partial charge in [-0.25, -0.2) is 9.78 Å². The highest BCUT2D eigenvalue weighted by Crippen LogP contribution is 1.97. The normalized spacial score (nSPS) is 8.85. The summed E-state index contributed by atoms with van der Waals surface area (Å²) in [5.41, 5.74) is 0.227. The molecule has 0 atom stereocenters. The van der Waals surface area contributed by atoms with E-state index in [4.69, 9.17) is 5.26 Å².